The van der Waals surface area contributed by atoms with Crippen molar-refractivity contribution in [3.63, 3.8) is 0 Å². The molecule has 2 unspecified atom stereocenters. The lowest BCUT2D eigenvalue weighted by Crippen LogP contribution is -2.44. The number of aliphatic hydroxyl groups excluding tert-OH is 2. The number of hydrogen-bond acceptors (Lipinski definition) is 4. The lowest BCUT2D eigenvalue weighted by Gasteiger charge is -2.36. The van der Waals surface area contributed by atoms with E-state index in [1.54, 1.807) is 11.9 Å². The van der Waals surface area contributed by atoms with Crippen LogP contribution in [0.1, 0.15) is 31.2 Å². The van der Waals surface area contributed by atoms with E-state index in [2.05, 4.69) is 4.98 Å². The molecule has 1 heterocycles. The Labute approximate surface area is 106 Å². The van der Waals surface area contributed by atoms with Crippen LogP contribution >= 0.6 is 0 Å². The Bertz CT molecular complexity index is 414. The predicted molar refractivity (Wildman–Crippen MR) is 66.8 cm³/mol. The van der Waals surface area contributed by atoms with Gasteiger partial charge in [-0.25, -0.2) is 9.37 Å². The van der Waals surface area contributed by atoms with Gasteiger partial charge in [-0.3, -0.25) is 0 Å². The van der Waals surface area contributed by atoms with Crippen LogP contribution in [-0.4, -0.2) is 34.4 Å². The van der Waals surface area contributed by atoms with Gasteiger partial charge >= 0.3 is 0 Å². The van der Waals surface area contributed by atoms with Crippen molar-refractivity contribution in [3.05, 3.63) is 23.6 Å². The zero-order valence-electron chi connectivity index (χ0n) is 10.5. The Morgan fingerprint density at radius 2 is 2.17 bits per heavy atom. The molecule has 2 N–H and O–H groups in total. The maximum absolute atomic E-state index is 14.1. The molecule has 0 amide bonds. The number of hydrogen-bond donors (Lipinski definition) is 2. The van der Waals surface area contributed by atoms with E-state index in [9.17, 15) is 9.50 Å². The van der Waals surface area contributed by atoms with Gasteiger partial charge in [0.25, 0.3) is 0 Å². The maximum atomic E-state index is 14.1. The Kier molecular flexibility index (Phi) is 4.14. The summed E-state index contributed by atoms with van der Waals surface area (Å²) in [7, 11) is 1.74. The van der Waals surface area contributed by atoms with Gasteiger partial charge < -0.3 is 15.1 Å². The van der Waals surface area contributed by atoms with Crippen LogP contribution in [0.3, 0.4) is 0 Å². The van der Waals surface area contributed by atoms with Gasteiger partial charge in [0.05, 0.1) is 18.8 Å². The highest BCUT2D eigenvalue weighted by Gasteiger charge is 2.29. The van der Waals surface area contributed by atoms with E-state index in [1.807, 2.05) is 0 Å². The Balaban J connectivity index is 2.24. The number of aromatic nitrogens is 1. The number of pyridine rings is 1. The zero-order chi connectivity index (χ0) is 13.1. The first-order valence-corrected chi connectivity index (χ1v) is 6.30. The molecular weight excluding hydrogens is 235 g/mol. The summed E-state index contributed by atoms with van der Waals surface area (Å²) in [6, 6.07) is 1.36. The SMILES string of the molecule is CN(c1nccc(CO)c1F)C1CCCCC1O. The molecule has 0 saturated heterocycles. The van der Waals surface area contributed by atoms with Crippen molar-refractivity contribution in [3.8, 4) is 0 Å². The molecule has 0 spiro atoms. The molecule has 1 fully saturated rings. The highest BCUT2D eigenvalue weighted by atomic mass is 19.1. The Hall–Kier alpha value is -1.20. The molecule has 18 heavy (non-hydrogen) atoms. The van der Waals surface area contributed by atoms with Gasteiger partial charge in [0.15, 0.2) is 11.6 Å². The second-order valence-electron chi connectivity index (χ2n) is 4.80. The largest absolute Gasteiger partial charge is 0.392 e. The molecule has 1 aliphatic rings. The summed E-state index contributed by atoms with van der Waals surface area (Å²) < 4.78 is 14.1. The minimum absolute atomic E-state index is 0.102. The van der Waals surface area contributed by atoms with Crippen LogP contribution in [0.2, 0.25) is 0 Å². The summed E-state index contributed by atoms with van der Waals surface area (Å²) in [6.45, 7) is -0.345. The Morgan fingerprint density at radius 1 is 1.44 bits per heavy atom. The number of nitrogens with zero attached hydrogens (tertiary/aromatic N) is 2. The molecule has 2 rings (SSSR count). The zero-order valence-corrected chi connectivity index (χ0v) is 10.5. The molecule has 1 aromatic heterocycles. The maximum Gasteiger partial charge on any atom is 0.171 e. The van der Waals surface area contributed by atoms with Gasteiger partial charge in [0.2, 0.25) is 0 Å². The summed E-state index contributed by atoms with van der Waals surface area (Å²) >= 11 is 0. The van der Waals surface area contributed by atoms with Crippen LogP contribution in [0, 0.1) is 5.82 Å². The van der Waals surface area contributed by atoms with Crippen LogP contribution in [0.4, 0.5) is 10.2 Å². The van der Waals surface area contributed by atoms with E-state index < -0.39 is 11.9 Å². The topological polar surface area (TPSA) is 56.6 Å². The first-order chi connectivity index (χ1) is 8.65. The molecule has 1 saturated carbocycles. The number of aliphatic hydroxyl groups is 2. The molecular formula is C13H19FN2O2. The molecule has 2 atom stereocenters. The fourth-order valence-corrected chi connectivity index (χ4v) is 2.54. The highest BCUT2D eigenvalue weighted by molar-refractivity contribution is 5.43. The van der Waals surface area contributed by atoms with Crippen LogP contribution < -0.4 is 4.90 Å². The Morgan fingerprint density at radius 3 is 2.83 bits per heavy atom. The van der Waals surface area contributed by atoms with E-state index >= 15 is 0 Å². The second kappa shape index (κ2) is 5.63. The second-order valence-corrected chi connectivity index (χ2v) is 4.80. The van der Waals surface area contributed by atoms with Crippen molar-refractivity contribution >= 4 is 5.82 Å². The van der Waals surface area contributed by atoms with Crippen molar-refractivity contribution in [2.45, 2.75) is 44.4 Å². The summed E-state index contributed by atoms with van der Waals surface area (Å²) in [5.41, 5.74) is 0.233. The molecule has 0 aliphatic heterocycles. The molecule has 1 aromatic rings. The van der Waals surface area contributed by atoms with Crippen LogP contribution in [0.25, 0.3) is 0 Å². The van der Waals surface area contributed by atoms with Gasteiger partial charge in [-0.15, -0.1) is 0 Å². The summed E-state index contributed by atoms with van der Waals surface area (Å²) in [4.78, 5) is 5.72. The summed E-state index contributed by atoms with van der Waals surface area (Å²) in [5, 5.41) is 19.0. The third-order valence-corrected chi connectivity index (χ3v) is 3.65. The van der Waals surface area contributed by atoms with Gasteiger partial charge in [-0.2, -0.15) is 0 Å². The van der Waals surface area contributed by atoms with E-state index in [0.29, 0.717) is 0 Å². The van der Waals surface area contributed by atoms with Gasteiger partial charge in [0.1, 0.15) is 0 Å². The van der Waals surface area contributed by atoms with Gasteiger partial charge in [0, 0.05) is 18.8 Å². The monoisotopic (exact) mass is 254 g/mol. The molecule has 0 radical (unpaired) electrons. The lowest BCUT2D eigenvalue weighted by molar-refractivity contribution is 0.105. The van der Waals surface area contributed by atoms with E-state index in [0.717, 1.165) is 25.7 Å². The van der Waals surface area contributed by atoms with Crippen LogP contribution in [0.15, 0.2) is 12.3 Å². The molecule has 0 aromatic carbocycles. The standard InChI is InChI=1S/C13H19FN2O2/c1-16(10-4-2-3-5-11(10)18)13-12(14)9(8-17)6-7-15-13/h6-7,10-11,17-18H,2-5,8H2,1H3. The van der Waals surface area contributed by atoms with Crippen molar-refractivity contribution in [2.75, 3.05) is 11.9 Å². The summed E-state index contributed by atoms with van der Waals surface area (Å²) in [5.74, 6) is -0.298. The molecule has 0 bridgehead atoms. The number of anilines is 1. The first kappa shape index (κ1) is 13.2. The van der Waals surface area contributed by atoms with Crippen molar-refractivity contribution in [1.82, 2.24) is 4.98 Å². The van der Waals surface area contributed by atoms with Crippen molar-refractivity contribution in [2.24, 2.45) is 0 Å². The quantitative estimate of drug-likeness (QED) is 0.857. The fourth-order valence-electron chi connectivity index (χ4n) is 2.54. The minimum atomic E-state index is -0.500. The molecule has 5 heteroatoms. The number of halogens is 1. The first-order valence-electron chi connectivity index (χ1n) is 6.30. The lowest BCUT2D eigenvalue weighted by atomic mass is 9.91. The fraction of sp³-hybridized carbons (Fsp3) is 0.615. The summed E-state index contributed by atoms with van der Waals surface area (Å²) in [6.07, 6.45) is 4.67. The highest BCUT2D eigenvalue weighted by Crippen LogP contribution is 2.27. The van der Waals surface area contributed by atoms with Crippen LogP contribution in [-0.2, 0) is 6.61 Å². The van der Waals surface area contributed by atoms with E-state index in [-0.39, 0.29) is 24.0 Å². The smallest absolute Gasteiger partial charge is 0.171 e. The van der Waals surface area contributed by atoms with E-state index in [4.69, 9.17) is 5.11 Å². The third-order valence-electron chi connectivity index (χ3n) is 3.65. The van der Waals surface area contributed by atoms with E-state index in [1.165, 1.54) is 12.3 Å². The van der Waals surface area contributed by atoms with Gasteiger partial charge in [-0.05, 0) is 18.9 Å². The average Bonchev–Trinajstić information content (AvgIpc) is 2.39. The normalized spacial score (nSPS) is 24.0. The minimum Gasteiger partial charge on any atom is -0.392 e. The average molecular weight is 254 g/mol. The third kappa shape index (κ3) is 2.47. The van der Waals surface area contributed by atoms with Gasteiger partial charge in [-0.1, -0.05) is 12.8 Å². The van der Waals surface area contributed by atoms with Crippen molar-refractivity contribution in [1.29, 1.82) is 0 Å². The predicted octanol–water partition coefficient (Wildman–Crippen LogP) is 1.45. The van der Waals surface area contributed by atoms with Crippen molar-refractivity contribution < 1.29 is 14.6 Å². The number of rotatable bonds is 3. The molecule has 1 aliphatic carbocycles. The molecule has 100 valence electrons. The molecule has 4 nitrogen and oxygen atoms in total. The van der Waals surface area contributed by atoms with Crippen LogP contribution in [0.5, 0.6) is 0 Å². The number of likely N-dealkylation sites (N-methyl/N-ethyl adjacent to an activating group) is 1.